The molecule has 0 saturated carbocycles. The molecule has 0 N–H and O–H groups in total. The second-order valence-electron chi connectivity index (χ2n) is 6.84. The van der Waals surface area contributed by atoms with Crippen molar-refractivity contribution in [2.75, 3.05) is 12.9 Å². The molecule has 0 aliphatic carbocycles. The molecule has 0 fully saturated rings. The van der Waals surface area contributed by atoms with E-state index in [1.807, 2.05) is 0 Å². The first-order valence-corrected chi connectivity index (χ1v) is 10.9. The van der Waals surface area contributed by atoms with Crippen LogP contribution in [0.5, 0.6) is 0 Å². The largest absolute Gasteiger partial charge is 0.454 e. The highest BCUT2D eigenvalue weighted by Gasteiger charge is 2.22. The van der Waals surface area contributed by atoms with E-state index in [1.54, 1.807) is 42.7 Å². The minimum Gasteiger partial charge on any atom is -0.454 e. The molecule has 8 heteroatoms. The number of ketones is 1. The van der Waals surface area contributed by atoms with Crippen LogP contribution in [0.15, 0.2) is 59.5 Å². The fraction of sp³-hybridized carbons (Fsp3) is 0.182. The van der Waals surface area contributed by atoms with E-state index in [4.69, 9.17) is 4.74 Å². The zero-order valence-electron chi connectivity index (χ0n) is 16.7. The van der Waals surface area contributed by atoms with Gasteiger partial charge in [-0.25, -0.2) is 17.6 Å². The Morgan fingerprint density at radius 2 is 1.63 bits per heavy atom. The molecule has 2 aromatic carbocycles. The number of sulfone groups is 1. The van der Waals surface area contributed by atoms with Gasteiger partial charge in [0.1, 0.15) is 5.82 Å². The average Bonchev–Trinajstić information content (AvgIpc) is 3.00. The number of aromatic nitrogens is 1. The number of hydrogen-bond donors (Lipinski definition) is 0. The SMILES string of the molecule is Cc1cc(C(=O)COC(=O)c2ccccc2S(C)(=O)=O)c(C)n1-c1ccccc1F. The summed E-state index contributed by atoms with van der Waals surface area (Å²) in [6, 6.07) is 13.4. The number of hydrogen-bond acceptors (Lipinski definition) is 5. The van der Waals surface area contributed by atoms with Gasteiger partial charge in [-0.15, -0.1) is 0 Å². The summed E-state index contributed by atoms with van der Waals surface area (Å²) in [6.45, 7) is 2.84. The molecule has 0 saturated heterocycles. The maximum absolute atomic E-state index is 14.2. The first-order valence-electron chi connectivity index (χ1n) is 9.04. The molecule has 0 aliphatic heterocycles. The van der Waals surface area contributed by atoms with Gasteiger partial charge in [-0.1, -0.05) is 24.3 Å². The van der Waals surface area contributed by atoms with E-state index >= 15 is 0 Å². The summed E-state index contributed by atoms with van der Waals surface area (Å²) in [6.07, 6.45) is 0.988. The number of Topliss-reactive ketones (excluding diaryl/α,β-unsaturated/α-hetero) is 1. The van der Waals surface area contributed by atoms with E-state index in [0.29, 0.717) is 22.6 Å². The van der Waals surface area contributed by atoms with Crippen LogP contribution in [0.25, 0.3) is 5.69 Å². The molecule has 0 unspecified atom stereocenters. The van der Waals surface area contributed by atoms with Crippen molar-refractivity contribution >= 4 is 21.6 Å². The van der Waals surface area contributed by atoms with E-state index in [1.165, 1.54) is 30.3 Å². The van der Waals surface area contributed by atoms with Crippen molar-refractivity contribution in [3.05, 3.63) is 82.9 Å². The molecule has 0 radical (unpaired) electrons. The van der Waals surface area contributed by atoms with E-state index in [-0.39, 0.29) is 10.5 Å². The van der Waals surface area contributed by atoms with Crippen LogP contribution in [0.2, 0.25) is 0 Å². The number of rotatable bonds is 6. The average molecular weight is 429 g/mol. The van der Waals surface area contributed by atoms with E-state index in [9.17, 15) is 22.4 Å². The van der Waals surface area contributed by atoms with Gasteiger partial charge in [0.05, 0.1) is 16.1 Å². The van der Waals surface area contributed by atoms with E-state index < -0.39 is 34.0 Å². The molecule has 3 rings (SSSR count). The van der Waals surface area contributed by atoms with Crippen LogP contribution in [0.4, 0.5) is 4.39 Å². The molecule has 30 heavy (non-hydrogen) atoms. The third-order valence-corrected chi connectivity index (χ3v) is 5.82. The summed E-state index contributed by atoms with van der Waals surface area (Å²) in [5, 5.41) is 0. The molecule has 1 heterocycles. The molecule has 6 nitrogen and oxygen atoms in total. The Labute approximate surface area is 173 Å². The fourth-order valence-corrected chi connectivity index (χ4v) is 4.17. The molecular weight excluding hydrogens is 409 g/mol. The van der Waals surface area contributed by atoms with Crippen molar-refractivity contribution in [2.24, 2.45) is 0 Å². The predicted molar refractivity (Wildman–Crippen MR) is 109 cm³/mol. The highest BCUT2D eigenvalue weighted by Crippen LogP contribution is 2.23. The van der Waals surface area contributed by atoms with Crippen LogP contribution in [0.1, 0.15) is 32.1 Å². The van der Waals surface area contributed by atoms with Crippen molar-refractivity contribution in [2.45, 2.75) is 18.7 Å². The van der Waals surface area contributed by atoms with Gasteiger partial charge in [-0.05, 0) is 44.2 Å². The zero-order valence-corrected chi connectivity index (χ0v) is 17.5. The second-order valence-corrected chi connectivity index (χ2v) is 8.82. The van der Waals surface area contributed by atoms with Crippen LogP contribution < -0.4 is 0 Å². The Balaban J connectivity index is 1.83. The first kappa shape index (κ1) is 21.4. The molecule has 1 aromatic heterocycles. The minimum absolute atomic E-state index is 0.135. The fourth-order valence-electron chi connectivity index (χ4n) is 3.29. The third-order valence-electron chi connectivity index (χ3n) is 4.67. The highest BCUT2D eigenvalue weighted by molar-refractivity contribution is 7.90. The predicted octanol–water partition coefficient (Wildman–Crippen LogP) is 3.68. The van der Waals surface area contributed by atoms with Crippen LogP contribution in [0, 0.1) is 19.7 Å². The number of carbonyl (C=O) groups is 2. The summed E-state index contributed by atoms with van der Waals surface area (Å²) in [5.74, 6) is -1.81. The lowest BCUT2D eigenvalue weighted by molar-refractivity contribution is 0.0471. The number of nitrogens with zero attached hydrogens (tertiary/aromatic N) is 1. The summed E-state index contributed by atoms with van der Waals surface area (Å²) in [7, 11) is -3.64. The number of carbonyl (C=O) groups excluding carboxylic acids is 2. The number of halogens is 1. The Morgan fingerprint density at radius 1 is 1.00 bits per heavy atom. The molecule has 0 spiro atoms. The lowest BCUT2D eigenvalue weighted by Crippen LogP contribution is -2.17. The first-order chi connectivity index (χ1) is 14.1. The lowest BCUT2D eigenvalue weighted by atomic mass is 10.1. The van der Waals surface area contributed by atoms with Gasteiger partial charge < -0.3 is 9.30 Å². The van der Waals surface area contributed by atoms with Crippen LogP contribution in [0.3, 0.4) is 0 Å². The van der Waals surface area contributed by atoms with E-state index in [0.717, 1.165) is 6.26 Å². The molecular formula is C22H20FNO5S. The molecule has 0 amide bonds. The van der Waals surface area contributed by atoms with Crippen molar-refractivity contribution in [3.63, 3.8) is 0 Å². The maximum atomic E-state index is 14.2. The molecule has 3 aromatic rings. The summed E-state index contributed by atoms with van der Waals surface area (Å²) in [4.78, 5) is 24.9. The van der Waals surface area contributed by atoms with Crippen molar-refractivity contribution in [1.29, 1.82) is 0 Å². The number of esters is 1. The minimum atomic E-state index is -3.64. The van der Waals surface area contributed by atoms with Gasteiger partial charge in [-0.3, -0.25) is 4.79 Å². The Bertz CT molecular complexity index is 1240. The molecule has 0 atom stereocenters. The van der Waals surface area contributed by atoms with Crippen LogP contribution in [-0.4, -0.2) is 37.6 Å². The van der Waals surface area contributed by atoms with Gasteiger partial charge in [0.15, 0.2) is 16.4 Å². The lowest BCUT2D eigenvalue weighted by Gasteiger charge is -2.11. The number of ether oxygens (including phenoxy) is 1. The zero-order chi connectivity index (χ0) is 22.1. The van der Waals surface area contributed by atoms with Gasteiger partial charge in [-0.2, -0.15) is 0 Å². The van der Waals surface area contributed by atoms with Crippen molar-refractivity contribution in [1.82, 2.24) is 4.57 Å². The summed E-state index contributed by atoms with van der Waals surface area (Å²) in [5.41, 5.74) is 1.63. The van der Waals surface area contributed by atoms with Gasteiger partial charge in [0.2, 0.25) is 5.78 Å². The maximum Gasteiger partial charge on any atom is 0.339 e. The van der Waals surface area contributed by atoms with Crippen molar-refractivity contribution < 1.29 is 27.1 Å². The van der Waals surface area contributed by atoms with E-state index in [2.05, 4.69) is 0 Å². The number of benzene rings is 2. The normalized spacial score (nSPS) is 11.3. The Kier molecular flexibility index (Phi) is 5.89. The Morgan fingerprint density at radius 3 is 2.30 bits per heavy atom. The summed E-state index contributed by atoms with van der Waals surface area (Å²) >= 11 is 0. The monoisotopic (exact) mass is 429 g/mol. The third kappa shape index (κ3) is 4.18. The number of para-hydroxylation sites is 1. The topological polar surface area (TPSA) is 82.4 Å². The smallest absolute Gasteiger partial charge is 0.339 e. The van der Waals surface area contributed by atoms with Gasteiger partial charge in [0, 0.05) is 23.2 Å². The molecule has 0 aliphatic rings. The number of aryl methyl sites for hydroxylation is 1. The molecule has 0 bridgehead atoms. The van der Waals surface area contributed by atoms with Crippen LogP contribution in [-0.2, 0) is 14.6 Å². The molecule has 156 valence electrons. The van der Waals surface area contributed by atoms with Gasteiger partial charge in [0.25, 0.3) is 0 Å². The highest BCUT2D eigenvalue weighted by atomic mass is 32.2. The van der Waals surface area contributed by atoms with Crippen LogP contribution >= 0.6 is 0 Å². The quantitative estimate of drug-likeness (QED) is 0.441. The second kappa shape index (κ2) is 8.23. The summed E-state index contributed by atoms with van der Waals surface area (Å²) < 4.78 is 44.6. The van der Waals surface area contributed by atoms with Crippen molar-refractivity contribution in [3.8, 4) is 5.69 Å². The standard InChI is InChI=1S/C22H20FNO5S/c1-14-12-17(15(2)24(14)19-10-6-5-9-18(19)23)20(25)13-29-22(26)16-8-4-7-11-21(16)30(3,27)28/h4-12H,13H2,1-3H3. The van der Waals surface area contributed by atoms with Gasteiger partial charge >= 0.3 is 5.97 Å². The Hall–Kier alpha value is -3.26.